The van der Waals surface area contributed by atoms with Crippen molar-refractivity contribution in [2.24, 2.45) is 0 Å². The second-order valence-corrected chi connectivity index (χ2v) is 5.15. The van der Waals surface area contributed by atoms with E-state index in [4.69, 9.17) is 0 Å². The number of urea groups is 1. The number of carbonyl (C=O) groups excluding carboxylic acids is 2. The van der Waals surface area contributed by atoms with Gasteiger partial charge >= 0.3 is 6.03 Å². The molecular formula is C13H25N3O2. The van der Waals surface area contributed by atoms with Gasteiger partial charge in [-0.15, -0.1) is 0 Å². The van der Waals surface area contributed by atoms with Crippen molar-refractivity contribution in [3.63, 3.8) is 0 Å². The van der Waals surface area contributed by atoms with Gasteiger partial charge in [0.05, 0.1) is 6.04 Å². The van der Waals surface area contributed by atoms with Crippen LogP contribution in [0.3, 0.4) is 0 Å². The van der Waals surface area contributed by atoms with E-state index in [0.29, 0.717) is 19.5 Å². The number of unbranched alkanes of at least 4 members (excludes halogenated alkanes) is 2. The minimum Gasteiger partial charge on any atom is -0.338 e. The lowest BCUT2D eigenvalue weighted by Crippen LogP contribution is -2.44. The summed E-state index contributed by atoms with van der Waals surface area (Å²) >= 11 is 0. The van der Waals surface area contributed by atoms with Gasteiger partial charge < -0.3 is 15.5 Å². The van der Waals surface area contributed by atoms with E-state index in [-0.39, 0.29) is 24.0 Å². The van der Waals surface area contributed by atoms with Crippen LogP contribution in [0.25, 0.3) is 0 Å². The predicted molar refractivity (Wildman–Crippen MR) is 71.3 cm³/mol. The van der Waals surface area contributed by atoms with Crippen molar-refractivity contribution in [2.75, 3.05) is 13.1 Å². The smallest absolute Gasteiger partial charge is 0.315 e. The number of nitrogens with zero attached hydrogens (tertiary/aromatic N) is 1. The number of nitrogens with one attached hydrogen (secondary N) is 2. The molecule has 1 rings (SSSR count). The molecule has 1 heterocycles. The molecule has 0 aromatic heterocycles. The van der Waals surface area contributed by atoms with E-state index in [1.54, 1.807) is 0 Å². The van der Waals surface area contributed by atoms with Gasteiger partial charge in [0.1, 0.15) is 0 Å². The number of rotatable bonds is 6. The fourth-order valence-corrected chi connectivity index (χ4v) is 2.14. The quantitative estimate of drug-likeness (QED) is 0.706. The van der Waals surface area contributed by atoms with E-state index in [0.717, 1.165) is 19.3 Å². The van der Waals surface area contributed by atoms with E-state index >= 15 is 0 Å². The largest absolute Gasteiger partial charge is 0.338 e. The molecule has 1 aliphatic rings. The molecule has 1 fully saturated rings. The second kappa shape index (κ2) is 7.24. The standard InChI is InChI=1S/C13H25N3O2/c1-4-5-6-7-14-13(18)15-11-8-12(17)16(9-11)10(2)3/h10-11H,4-9H2,1-3H3,(H2,14,15,18). The average molecular weight is 255 g/mol. The molecule has 5 heteroatoms. The Bertz CT molecular complexity index is 292. The third-order valence-electron chi connectivity index (χ3n) is 3.18. The monoisotopic (exact) mass is 255 g/mol. The average Bonchev–Trinajstić information content (AvgIpc) is 2.66. The summed E-state index contributed by atoms with van der Waals surface area (Å²) < 4.78 is 0. The lowest BCUT2D eigenvalue weighted by molar-refractivity contribution is -0.129. The van der Waals surface area contributed by atoms with E-state index < -0.39 is 0 Å². The Morgan fingerprint density at radius 2 is 2.17 bits per heavy atom. The highest BCUT2D eigenvalue weighted by molar-refractivity contribution is 5.81. The zero-order valence-electron chi connectivity index (χ0n) is 11.7. The van der Waals surface area contributed by atoms with Gasteiger partial charge in [-0.2, -0.15) is 0 Å². The Hall–Kier alpha value is -1.26. The summed E-state index contributed by atoms with van der Waals surface area (Å²) in [7, 11) is 0. The highest BCUT2D eigenvalue weighted by Gasteiger charge is 2.31. The molecule has 0 aromatic carbocycles. The number of hydrogen-bond acceptors (Lipinski definition) is 2. The number of amides is 3. The first kappa shape index (κ1) is 14.8. The van der Waals surface area contributed by atoms with Gasteiger partial charge in [0.15, 0.2) is 0 Å². The summed E-state index contributed by atoms with van der Waals surface area (Å²) in [4.78, 5) is 25.1. The van der Waals surface area contributed by atoms with Crippen molar-refractivity contribution in [3.05, 3.63) is 0 Å². The maximum atomic E-state index is 11.7. The first-order chi connectivity index (χ1) is 8.54. The first-order valence-corrected chi connectivity index (χ1v) is 6.88. The third kappa shape index (κ3) is 4.55. The Morgan fingerprint density at radius 3 is 2.72 bits per heavy atom. The van der Waals surface area contributed by atoms with Gasteiger partial charge in [-0.25, -0.2) is 4.79 Å². The fraction of sp³-hybridized carbons (Fsp3) is 0.846. The van der Waals surface area contributed by atoms with E-state index in [1.807, 2.05) is 18.7 Å². The lowest BCUT2D eigenvalue weighted by atomic mass is 10.2. The second-order valence-electron chi connectivity index (χ2n) is 5.15. The molecule has 1 atom stereocenters. The highest BCUT2D eigenvalue weighted by Crippen LogP contribution is 2.13. The molecule has 0 bridgehead atoms. The molecular weight excluding hydrogens is 230 g/mol. The van der Waals surface area contributed by atoms with Crippen molar-refractivity contribution in [1.29, 1.82) is 0 Å². The summed E-state index contributed by atoms with van der Waals surface area (Å²) in [5.41, 5.74) is 0. The molecule has 2 N–H and O–H groups in total. The summed E-state index contributed by atoms with van der Waals surface area (Å²) in [6, 6.07) is -0.00232. The third-order valence-corrected chi connectivity index (χ3v) is 3.18. The molecule has 104 valence electrons. The van der Waals surface area contributed by atoms with Gasteiger partial charge in [-0.1, -0.05) is 19.8 Å². The van der Waals surface area contributed by atoms with Crippen molar-refractivity contribution >= 4 is 11.9 Å². The molecule has 0 radical (unpaired) electrons. The first-order valence-electron chi connectivity index (χ1n) is 6.88. The summed E-state index contributed by atoms with van der Waals surface area (Å²) in [6.45, 7) is 7.44. The van der Waals surface area contributed by atoms with Gasteiger partial charge in [-0.3, -0.25) is 4.79 Å². The van der Waals surface area contributed by atoms with Crippen LogP contribution >= 0.6 is 0 Å². The van der Waals surface area contributed by atoms with Gasteiger partial charge in [0.25, 0.3) is 0 Å². The van der Waals surface area contributed by atoms with Crippen LogP contribution in [0, 0.1) is 0 Å². The van der Waals surface area contributed by atoms with Crippen LogP contribution in [0.2, 0.25) is 0 Å². The minimum absolute atomic E-state index is 0.0499. The van der Waals surface area contributed by atoms with Gasteiger partial charge in [0, 0.05) is 25.6 Å². The van der Waals surface area contributed by atoms with Crippen molar-refractivity contribution < 1.29 is 9.59 Å². The zero-order chi connectivity index (χ0) is 13.5. The van der Waals surface area contributed by atoms with Crippen LogP contribution < -0.4 is 10.6 Å². The maximum Gasteiger partial charge on any atom is 0.315 e. The number of likely N-dealkylation sites (tertiary alicyclic amines) is 1. The van der Waals surface area contributed by atoms with Crippen molar-refractivity contribution in [2.45, 2.75) is 58.5 Å². The van der Waals surface area contributed by atoms with Crippen molar-refractivity contribution in [1.82, 2.24) is 15.5 Å². The van der Waals surface area contributed by atoms with Gasteiger partial charge in [-0.05, 0) is 20.3 Å². The molecule has 0 aromatic rings. The Morgan fingerprint density at radius 1 is 1.44 bits per heavy atom. The highest BCUT2D eigenvalue weighted by atomic mass is 16.2. The Balaban J connectivity index is 2.23. The molecule has 1 unspecified atom stereocenters. The molecule has 0 saturated carbocycles. The Labute approximate surface area is 109 Å². The maximum absolute atomic E-state index is 11.7. The number of hydrogen-bond donors (Lipinski definition) is 2. The summed E-state index contributed by atoms with van der Waals surface area (Å²) in [6.07, 6.45) is 3.69. The zero-order valence-corrected chi connectivity index (χ0v) is 11.7. The van der Waals surface area contributed by atoms with Crippen LogP contribution in [0.5, 0.6) is 0 Å². The SMILES string of the molecule is CCCCCNC(=O)NC1CC(=O)N(C(C)C)C1. The topological polar surface area (TPSA) is 61.4 Å². The molecule has 18 heavy (non-hydrogen) atoms. The fourth-order valence-electron chi connectivity index (χ4n) is 2.14. The normalized spacial score (nSPS) is 19.4. The van der Waals surface area contributed by atoms with E-state index in [9.17, 15) is 9.59 Å². The molecule has 3 amide bonds. The molecule has 0 aliphatic carbocycles. The Kier molecular flexibility index (Phi) is 5.95. The molecule has 1 saturated heterocycles. The van der Waals surface area contributed by atoms with Gasteiger partial charge in [0.2, 0.25) is 5.91 Å². The van der Waals surface area contributed by atoms with E-state index in [1.165, 1.54) is 0 Å². The summed E-state index contributed by atoms with van der Waals surface area (Å²) in [5.74, 6) is 0.126. The van der Waals surface area contributed by atoms with Crippen LogP contribution in [-0.2, 0) is 4.79 Å². The van der Waals surface area contributed by atoms with Crippen LogP contribution in [0.15, 0.2) is 0 Å². The molecule has 1 aliphatic heterocycles. The minimum atomic E-state index is -0.158. The lowest BCUT2D eigenvalue weighted by Gasteiger charge is -2.21. The summed E-state index contributed by atoms with van der Waals surface area (Å²) in [5, 5.41) is 5.68. The van der Waals surface area contributed by atoms with Crippen LogP contribution in [0.1, 0.15) is 46.5 Å². The van der Waals surface area contributed by atoms with E-state index in [2.05, 4.69) is 17.6 Å². The molecule has 5 nitrogen and oxygen atoms in total. The van der Waals surface area contributed by atoms with Crippen LogP contribution in [-0.4, -0.2) is 42.0 Å². The van der Waals surface area contributed by atoms with Crippen molar-refractivity contribution in [3.8, 4) is 0 Å². The molecule has 0 spiro atoms. The predicted octanol–water partition coefficient (Wildman–Crippen LogP) is 1.49. The van der Waals surface area contributed by atoms with Crippen LogP contribution in [0.4, 0.5) is 4.79 Å². The number of carbonyl (C=O) groups is 2.